The second-order valence-electron chi connectivity index (χ2n) is 2.81. The predicted molar refractivity (Wildman–Crippen MR) is 52.5 cm³/mol. The lowest BCUT2D eigenvalue weighted by Gasteiger charge is -2.09. The molecule has 0 aliphatic rings. The number of aromatic amines is 1. The molecule has 2 N–H and O–H groups in total. The highest BCUT2D eigenvalue weighted by atomic mass is 32.2. The quantitative estimate of drug-likeness (QED) is 0.498. The summed E-state index contributed by atoms with van der Waals surface area (Å²) in [6.07, 6.45) is 0. The molecule has 1 rings (SSSR count). The third-order valence-electron chi connectivity index (χ3n) is 1.51. The molecule has 14 heavy (non-hydrogen) atoms. The van der Waals surface area contributed by atoms with Crippen LogP contribution < -0.4 is 11.1 Å². The smallest absolute Gasteiger partial charge is 0.339 e. The molecular formula is C7H11N3O3S. The van der Waals surface area contributed by atoms with Crippen LogP contribution in [0.2, 0.25) is 0 Å². The number of nitrogens with zero attached hydrogens (tertiary/aromatic N) is 2. The van der Waals surface area contributed by atoms with Gasteiger partial charge >= 0.3 is 11.1 Å². The van der Waals surface area contributed by atoms with Gasteiger partial charge in [0.25, 0.3) is 0 Å². The molecule has 1 aromatic rings. The summed E-state index contributed by atoms with van der Waals surface area (Å²) in [5.41, 5.74) is -1.55. The topological polar surface area (TPSA) is 88.0 Å². The molecule has 6 nitrogen and oxygen atoms in total. The van der Waals surface area contributed by atoms with Crippen LogP contribution in [0.1, 0.15) is 6.92 Å². The predicted octanol–water partition coefficient (Wildman–Crippen LogP) is -1.06. The largest absolute Gasteiger partial charge is 0.395 e. The molecule has 0 aliphatic carbocycles. The fourth-order valence-electron chi connectivity index (χ4n) is 0.783. The summed E-state index contributed by atoms with van der Waals surface area (Å²) in [7, 11) is 1.58. The first-order chi connectivity index (χ1) is 6.54. The summed E-state index contributed by atoms with van der Waals surface area (Å²) < 4.78 is 1.36. The number of thioether (sulfide) groups is 1. The van der Waals surface area contributed by atoms with E-state index in [9.17, 15) is 9.59 Å². The minimum absolute atomic E-state index is 0.0142. The van der Waals surface area contributed by atoms with Crippen LogP contribution in [-0.2, 0) is 7.05 Å². The van der Waals surface area contributed by atoms with Crippen molar-refractivity contribution in [3.05, 3.63) is 20.7 Å². The highest BCUT2D eigenvalue weighted by molar-refractivity contribution is 7.99. The first kappa shape index (κ1) is 11.0. The molecule has 1 aromatic heterocycles. The summed E-state index contributed by atoms with van der Waals surface area (Å²) in [5, 5.41) is 11.4. The van der Waals surface area contributed by atoms with Crippen molar-refractivity contribution in [1.29, 1.82) is 0 Å². The Morgan fingerprint density at radius 1 is 1.64 bits per heavy atom. The molecule has 1 atom stereocenters. The molecule has 7 heteroatoms. The Kier molecular flexibility index (Phi) is 3.48. The van der Waals surface area contributed by atoms with E-state index < -0.39 is 11.1 Å². The van der Waals surface area contributed by atoms with Crippen molar-refractivity contribution in [3.8, 4) is 0 Å². The zero-order valence-electron chi connectivity index (χ0n) is 7.85. The zero-order chi connectivity index (χ0) is 10.7. The van der Waals surface area contributed by atoms with Crippen LogP contribution in [0.5, 0.6) is 0 Å². The number of aryl methyl sites for hydroxylation is 1. The van der Waals surface area contributed by atoms with Gasteiger partial charge in [-0.3, -0.25) is 19.4 Å². The fraction of sp³-hybridized carbons (Fsp3) is 0.571. The van der Waals surface area contributed by atoms with Crippen LogP contribution >= 0.6 is 11.8 Å². The monoisotopic (exact) mass is 217 g/mol. The lowest BCUT2D eigenvalue weighted by molar-refractivity contribution is 0.299. The van der Waals surface area contributed by atoms with Gasteiger partial charge in [-0.2, -0.15) is 4.98 Å². The first-order valence-corrected chi connectivity index (χ1v) is 4.87. The van der Waals surface area contributed by atoms with E-state index in [0.29, 0.717) is 5.16 Å². The van der Waals surface area contributed by atoms with Crippen molar-refractivity contribution in [3.63, 3.8) is 0 Å². The third-order valence-corrected chi connectivity index (χ3v) is 2.64. The summed E-state index contributed by atoms with van der Waals surface area (Å²) >= 11 is 1.22. The maximum atomic E-state index is 10.9. The van der Waals surface area contributed by atoms with E-state index in [0.717, 1.165) is 0 Å². The molecular weight excluding hydrogens is 206 g/mol. The Morgan fingerprint density at radius 2 is 2.29 bits per heavy atom. The van der Waals surface area contributed by atoms with Crippen molar-refractivity contribution >= 4 is 11.8 Å². The molecule has 0 fully saturated rings. The van der Waals surface area contributed by atoms with Crippen molar-refractivity contribution in [2.24, 2.45) is 7.05 Å². The second kappa shape index (κ2) is 4.43. The standard InChI is InChI=1S/C7H11N3O3S/c1-4(3-11)14-7-8-5(12)6(13)9-10(7)2/h4,11H,3H2,1-2H3,(H,9,13). The van der Waals surface area contributed by atoms with E-state index >= 15 is 0 Å². The Hall–Kier alpha value is -1.08. The van der Waals surface area contributed by atoms with Gasteiger partial charge in [0, 0.05) is 12.3 Å². The van der Waals surface area contributed by atoms with Gasteiger partial charge < -0.3 is 5.11 Å². The maximum absolute atomic E-state index is 10.9. The Morgan fingerprint density at radius 3 is 2.86 bits per heavy atom. The maximum Gasteiger partial charge on any atom is 0.339 e. The molecule has 0 bridgehead atoms. The van der Waals surface area contributed by atoms with E-state index in [1.165, 1.54) is 16.4 Å². The number of aliphatic hydroxyl groups excluding tert-OH is 1. The normalized spacial score (nSPS) is 12.8. The second-order valence-corrected chi connectivity index (χ2v) is 4.22. The number of aromatic nitrogens is 3. The molecule has 0 spiro atoms. The van der Waals surface area contributed by atoms with Crippen molar-refractivity contribution in [2.75, 3.05) is 6.61 Å². The molecule has 78 valence electrons. The molecule has 0 amide bonds. The number of H-pyrrole nitrogens is 1. The van der Waals surface area contributed by atoms with Crippen molar-refractivity contribution in [2.45, 2.75) is 17.3 Å². The average Bonchev–Trinajstić information content (AvgIpc) is 2.14. The summed E-state index contributed by atoms with van der Waals surface area (Å²) in [6.45, 7) is 1.78. The highest BCUT2D eigenvalue weighted by Gasteiger charge is 2.08. The number of rotatable bonds is 3. The molecule has 0 radical (unpaired) electrons. The van der Waals surface area contributed by atoms with Crippen molar-refractivity contribution in [1.82, 2.24) is 14.8 Å². The Labute approximate surface area is 84.0 Å². The third kappa shape index (κ3) is 2.46. The fourth-order valence-corrected chi connectivity index (χ4v) is 1.56. The van der Waals surface area contributed by atoms with Crippen LogP contribution in [0.25, 0.3) is 0 Å². The van der Waals surface area contributed by atoms with Gasteiger partial charge in [-0.05, 0) is 0 Å². The highest BCUT2D eigenvalue weighted by Crippen LogP contribution is 2.17. The summed E-state index contributed by atoms with van der Waals surface area (Å²) in [5.74, 6) is 0. The van der Waals surface area contributed by atoms with E-state index in [2.05, 4.69) is 10.1 Å². The molecule has 1 heterocycles. The van der Waals surface area contributed by atoms with Crippen molar-refractivity contribution < 1.29 is 5.11 Å². The van der Waals surface area contributed by atoms with Gasteiger partial charge in [-0.1, -0.05) is 18.7 Å². The molecule has 0 aliphatic heterocycles. The Balaban J connectivity index is 3.04. The number of aliphatic hydroxyl groups is 1. The van der Waals surface area contributed by atoms with E-state index in [-0.39, 0.29) is 11.9 Å². The number of nitrogens with one attached hydrogen (secondary N) is 1. The van der Waals surface area contributed by atoms with E-state index in [4.69, 9.17) is 5.11 Å². The van der Waals surface area contributed by atoms with Gasteiger partial charge in [0.1, 0.15) is 0 Å². The summed E-state index contributed by atoms with van der Waals surface area (Å²) in [6, 6.07) is 0. The number of hydrogen-bond acceptors (Lipinski definition) is 5. The lowest BCUT2D eigenvalue weighted by Crippen LogP contribution is -2.34. The van der Waals surface area contributed by atoms with Crippen LogP contribution in [-0.4, -0.2) is 31.7 Å². The van der Waals surface area contributed by atoms with E-state index in [1.54, 1.807) is 14.0 Å². The average molecular weight is 217 g/mol. The van der Waals surface area contributed by atoms with Crippen LogP contribution in [0.3, 0.4) is 0 Å². The number of hydrogen-bond donors (Lipinski definition) is 2. The minimum atomic E-state index is -0.810. The van der Waals surface area contributed by atoms with E-state index in [1.807, 2.05) is 0 Å². The van der Waals surface area contributed by atoms with Gasteiger partial charge in [0.2, 0.25) is 0 Å². The molecule has 1 unspecified atom stereocenters. The van der Waals surface area contributed by atoms with Crippen LogP contribution in [0, 0.1) is 0 Å². The van der Waals surface area contributed by atoms with Gasteiger partial charge in [0.05, 0.1) is 6.61 Å². The molecule has 0 saturated carbocycles. The molecule has 0 aromatic carbocycles. The Bertz CT molecular complexity index is 425. The van der Waals surface area contributed by atoms with Gasteiger partial charge in [-0.25, -0.2) is 0 Å². The summed E-state index contributed by atoms with van der Waals surface area (Å²) in [4.78, 5) is 25.3. The van der Waals surface area contributed by atoms with Gasteiger partial charge in [0.15, 0.2) is 5.16 Å². The first-order valence-electron chi connectivity index (χ1n) is 3.99. The van der Waals surface area contributed by atoms with Gasteiger partial charge in [-0.15, -0.1) is 0 Å². The molecule has 0 saturated heterocycles. The minimum Gasteiger partial charge on any atom is -0.395 e. The zero-order valence-corrected chi connectivity index (χ0v) is 8.67. The van der Waals surface area contributed by atoms with Crippen LogP contribution in [0.15, 0.2) is 14.7 Å². The van der Waals surface area contributed by atoms with Crippen LogP contribution in [0.4, 0.5) is 0 Å². The lowest BCUT2D eigenvalue weighted by atomic mass is 10.5. The SMILES string of the molecule is CC(CO)Sc1nc(=O)c(=O)[nH]n1C.